The van der Waals surface area contributed by atoms with Crippen LogP contribution in [0.15, 0.2) is 53.5 Å². The van der Waals surface area contributed by atoms with Crippen molar-refractivity contribution >= 4 is 28.1 Å². The third-order valence-corrected chi connectivity index (χ3v) is 5.69. The van der Waals surface area contributed by atoms with Crippen molar-refractivity contribution < 1.29 is 9.21 Å². The molecule has 2 N–H and O–H groups in total. The van der Waals surface area contributed by atoms with Gasteiger partial charge in [-0.1, -0.05) is 32.3 Å². The second kappa shape index (κ2) is 9.14. The lowest BCUT2D eigenvalue weighted by Gasteiger charge is -2.26. The Kier molecular flexibility index (Phi) is 6.15. The van der Waals surface area contributed by atoms with Crippen LogP contribution in [0.5, 0.6) is 0 Å². The molecule has 152 valence electrons. The molecule has 2 aromatic heterocycles. The minimum Gasteiger partial charge on any atom is -0.472 e. The van der Waals surface area contributed by atoms with Gasteiger partial charge in [0.2, 0.25) is 0 Å². The van der Waals surface area contributed by atoms with Crippen LogP contribution in [0.1, 0.15) is 54.9 Å². The number of hydrogen-bond donors (Lipinski definition) is 2. The average molecular weight is 392 g/mol. The van der Waals surface area contributed by atoms with E-state index in [9.17, 15) is 4.79 Å². The van der Waals surface area contributed by atoms with Gasteiger partial charge in [-0.25, -0.2) is 0 Å². The lowest BCUT2D eigenvalue weighted by atomic mass is 9.98. The summed E-state index contributed by atoms with van der Waals surface area (Å²) in [5, 5.41) is 4.11. The Morgan fingerprint density at radius 1 is 1.24 bits per heavy atom. The minimum absolute atomic E-state index is 0.161. The van der Waals surface area contributed by atoms with Gasteiger partial charge in [-0.2, -0.15) is 0 Å². The molecule has 29 heavy (non-hydrogen) atoms. The summed E-state index contributed by atoms with van der Waals surface area (Å²) in [6.07, 6.45) is 13.7. The molecular weight excluding hydrogens is 362 g/mol. The van der Waals surface area contributed by atoms with Crippen LogP contribution in [0, 0.1) is 0 Å². The Labute approximate surface area is 171 Å². The Bertz CT molecular complexity index is 985. The number of fused-ring (bicyclic) bond motifs is 1. The molecule has 3 heterocycles. The van der Waals surface area contributed by atoms with Crippen molar-refractivity contribution in [2.75, 3.05) is 25.0 Å². The summed E-state index contributed by atoms with van der Waals surface area (Å²) >= 11 is 0. The zero-order valence-electron chi connectivity index (χ0n) is 17.0. The smallest absolute Gasteiger partial charge is 0.258 e. The van der Waals surface area contributed by atoms with Crippen molar-refractivity contribution in [2.24, 2.45) is 0 Å². The zero-order valence-corrected chi connectivity index (χ0v) is 17.0. The van der Waals surface area contributed by atoms with Crippen molar-refractivity contribution in [3.8, 4) is 0 Å². The van der Waals surface area contributed by atoms with E-state index < -0.39 is 0 Å². The molecule has 4 rings (SSSR count). The van der Waals surface area contributed by atoms with Gasteiger partial charge in [-0.15, -0.1) is 0 Å². The Morgan fingerprint density at radius 3 is 2.93 bits per heavy atom. The summed E-state index contributed by atoms with van der Waals surface area (Å²) in [5.74, 6) is -0.161. The maximum Gasteiger partial charge on any atom is 0.258 e. The Hall–Kier alpha value is -2.79. The average Bonchev–Trinajstić information content (AvgIpc) is 3.42. The second-order valence-electron chi connectivity index (χ2n) is 7.77. The fourth-order valence-electron chi connectivity index (χ4n) is 3.98. The molecule has 3 aromatic rings. The maximum atomic E-state index is 12.3. The lowest BCUT2D eigenvalue weighted by Crippen LogP contribution is -2.29. The van der Waals surface area contributed by atoms with Gasteiger partial charge in [-0.05, 0) is 49.2 Å². The first-order valence-corrected chi connectivity index (χ1v) is 10.6. The van der Waals surface area contributed by atoms with Crippen LogP contribution in [0.3, 0.4) is 0 Å². The van der Waals surface area contributed by atoms with E-state index in [4.69, 9.17) is 4.42 Å². The number of benzene rings is 1. The molecule has 0 atom stereocenters. The van der Waals surface area contributed by atoms with E-state index in [-0.39, 0.29) is 5.91 Å². The van der Waals surface area contributed by atoms with Crippen molar-refractivity contribution in [1.29, 1.82) is 0 Å². The number of hydrogen-bond acceptors (Lipinski definition) is 3. The Morgan fingerprint density at radius 2 is 2.17 bits per heavy atom. The van der Waals surface area contributed by atoms with Crippen molar-refractivity contribution in [3.63, 3.8) is 0 Å². The molecule has 5 nitrogen and oxygen atoms in total. The van der Waals surface area contributed by atoms with Crippen LogP contribution in [0.25, 0.3) is 16.5 Å². The number of furan rings is 1. The highest BCUT2D eigenvalue weighted by atomic mass is 16.3. The summed E-state index contributed by atoms with van der Waals surface area (Å²) in [6, 6.07) is 7.66. The molecule has 0 aliphatic carbocycles. The van der Waals surface area contributed by atoms with Crippen LogP contribution in [0.4, 0.5) is 5.69 Å². The zero-order chi connectivity index (χ0) is 20.1. The van der Waals surface area contributed by atoms with Crippen LogP contribution >= 0.6 is 0 Å². The van der Waals surface area contributed by atoms with E-state index in [1.165, 1.54) is 55.9 Å². The van der Waals surface area contributed by atoms with Crippen LogP contribution in [-0.2, 0) is 0 Å². The van der Waals surface area contributed by atoms with Crippen LogP contribution in [-0.4, -0.2) is 35.4 Å². The molecule has 0 spiro atoms. The standard InChI is InChI=1S/C24H29N3O2/c1-2-3-4-5-11-27-12-8-18(9-13-27)22-16-25-23-7-6-20(15-21(22)23)26-24(28)19-10-14-29-17-19/h6-8,10,14-17,25H,2-5,9,11-13H2,1H3,(H,26,28). The number of aromatic nitrogens is 1. The van der Waals surface area contributed by atoms with Crippen LogP contribution in [0.2, 0.25) is 0 Å². The third kappa shape index (κ3) is 4.62. The summed E-state index contributed by atoms with van der Waals surface area (Å²) in [6.45, 7) is 5.58. The van der Waals surface area contributed by atoms with E-state index in [0.29, 0.717) is 5.56 Å². The van der Waals surface area contributed by atoms with Gasteiger partial charge < -0.3 is 14.7 Å². The van der Waals surface area contributed by atoms with E-state index in [2.05, 4.69) is 40.5 Å². The summed E-state index contributed by atoms with van der Waals surface area (Å²) in [7, 11) is 0. The number of aromatic amines is 1. The molecule has 5 heteroatoms. The molecule has 0 unspecified atom stereocenters. The van der Waals surface area contributed by atoms with Gasteiger partial charge in [0.15, 0.2) is 0 Å². The fourth-order valence-corrected chi connectivity index (χ4v) is 3.98. The first-order chi connectivity index (χ1) is 14.2. The number of carbonyl (C=O) groups excluding carboxylic acids is 1. The molecule has 1 aliphatic heterocycles. The summed E-state index contributed by atoms with van der Waals surface area (Å²) in [4.78, 5) is 18.2. The third-order valence-electron chi connectivity index (χ3n) is 5.69. The van der Waals surface area contributed by atoms with Gasteiger partial charge in [0.05, 0.1) is 11.8 Å². The highest BCUT2D eigenvalue weighted by molar-refractivity contribution is 6.05. The topological polar surface area (TPSA) is 61.3 Å². The summed E-state index contributed by atoms with van der Waals surface area (Å²) in [5.41, 5.74) is 5.03. The van der Waals surface area contributed by atoms with Crippen molar-refractivity contribution in [2.45, 2.75) is 39.0 Å². The Balaban J connectivity index is 1.45. The molecule has 0 saturated heterocycles. The molecule has 1 aromatic carbocycles. The molecule has 1 aliphatic rings. The summed E-state index contributed by atoms with van der Waals surface area (Å²) < 4.78 is 5.00. The molecular formula is C24H29N3O2. The number of H-pyrrole nitrogens is 1. The largest absolute Gasteiger partial charge is 0.472 e. The normalized spacial score (nSPS) is 14.9. The van der Waals surface area contributed by atoms with Gasteiger partial charge in [0, 0.05) is 41.4 Å². The van der Waals surface area contributed by atoms with E-state index >= 15 is 0 Å². The second-order valence-corrected chi connectivity index (χ2v) is 7.77. The highest BCUT2D eigenvalue weighted by Gasteiger charge is 2.16. The number of carbonyl (C=O) groups is 1. The SMILES string of the molecule is CCCCCCN1CC=C(c2c[nH]c3ccc(NC(=O)c4ccoc4)cc23)CC1. The van der Waals surface area contributed by atoms with Crippen molar-refractivity contribution in [3.05, 3.63) is 60.2 Å². The van der Waals surface area contributed by atoms with E-state index in [1.807, 2.05) is 12.1 Å². The number of nitrogens with zero attached hydrogens (tertiary/aromatic N) is 1. The minimum atomic E-state index is -0.161. The lowest BCUT2D eigenvalue weighted by molar-refractivity contribution is 0.102. The number of unbranched alkanes of at least 4 members (excludes halogenated alkanes) is 3. The quantitative estimate of drug-likeness (QED) is 0.486. The molecule has 1 amide bonds. The monoisotopic (exact) mass is 391 g/mol. The van der Waals surface area contributed by atoms with Gasteiger partial charge in [-0.3, -0.25) is 9.69 Å². The fraction of sp³-hybridized carbons (Fsp3) is 0.375. The van der Waals surface area contributed by atoms with Crippen LogP contribution < -0.4 is 5.32 Å². The number of amides is 1. The highest BCUT2D eigenvalue weighted by Crippen LogP contribution is 2.31. The predicted molar refractivity (Wildman–Crippen MR) is 118 cm³/mol. The molecule has 0 bridgehead atoms. The molecule has 0 radical (unpaired) electrons. The van der Waals surface area contributed by atoms with Gasteiger partial charge in [0.25, 0.3) is 5.91 Å². The molecule has 0 fully saturated rings. The van der Waals surface area contributed by atoms with Crippen molar-refractivity contribution in [1.82, 2.24) is 9.88 Å². The van der Waals surface area contributed by atoms with E-state index in [0.717, 1.165) is 36.1 Å². The first-order valence-electron chi connectivity index (χ1n) is 10.6. The molecule has 0 saturated carbocycles. The van der Waals surface area contributed by atoms with Gasteiger partial charge in [0.1, 0.15) is 6.26 Å². The maximum absolute atomic E-state index is 12.3. The first kappa shape index (κ1) is 19.5. The van der Waals surface area contributed by atoms with Gasteiger partial charge >= 0.3 is 0 Å². The van der Waals surface area contributed by atoms with E-state index in [1.54, 1.807) is 6.07 Å². The predicted octanol–water partition coefficient (Wildman–Crippen LogP) is 5.68. The number of anilines is 1. The number of rotatable bonds is 8. The number of nitrogens with one attached hydrogen (secondary N) is 2.